The van der Waals surface area contributed by atoms with Crippen LogP contribution in [0.4, 0.5) is 0 Å². The Morgan fingerprint density at radius 1 is 1.62 bits per heavy atom. The molecule has 0 aliphatic rings. The zero-order valence-corrected chi connectivity index (χ0v) is 8.79. The molecule has 1 amide bonds. The van der Waals surface area contributed by atoms with Gasteiger partial charge in [0.15, 0.2) is 0 Å². The van der Waals surface area contributed by atoms with Gasteiger partial charge in [-0.05, 0) is 13.5 Å². The van der Waals surface area contributed by atoms with Gasteiger partial charge >= 0.3 is 0 Å². The summed E-state index contributed by atoms with van der Waals surface area (Å²) in [6.45, 7) is 1.98. The molecule has 3 heteroatoms. The van der Waals surface area contributed by atoms with Gasteiger partial charge in [-0.15, -0.1) is 12.3 Å². The molecule has 0 fully saturated rings. The fourth-order valence-corrected chi connectivity index (χ4v) is 1.22. The van der Waals surface area contributed by atoms with Crippen LogP contribution in [0.1, 0.15) is 13.3 Å². The molecule has 0 aromatic heterocycles. The van der Waals surface area contributed by atoms with Crippen molar-refractivity contribution in [3.63, 3.8) is 0 Å². The van der Waals surface area contributed by atoms with Gasteiger partial charge in [-0.1, -0.05) is 6.92 Å². The summed E-state index contributed by atoms with van der Waals surface area (Å²) in [5.41, 5.74) is 0. The lowest BCUT2D eigenvalue weighted by molar-refractivity contribution is -0.131. The molecule has 74 valence electrons. The summed E-state index contributed by atoms with van der Waals surface area (Å²) in [7, 11) is 5.22. The van der Waals surface area contributed by atoms with Crippen molar-refractivity contribution in [2.24, 2.45) is 5.92 Å². The highest BCUT2D eigenvalue weighted by atomic mass is 16.2. The predicted octanol–water partition coefficient (Wildman–Crippen LogP) is 0.322. The smallest absolute Gasteiger partial charge is 0.240 e. The van der Waals surface area contributed by atoms with Crippen LogP contribution < -0.4 is 5.32 Å². The number of carbonyl (C=O) groups excluding carboxylic acids is 1. The van der Waals surface area contributed by atoms with Crippen molar-refractivity contribution in [2.75, 3.05) is 21.1 Å². The zero-order chi connectivity index (χ0) is 10.4. The molecule has 0 saturated heterocycles. The molecule has 0 aliphatic heterocycles. The van der Waals surface area contributed by atoms with Crippen molar-refractivity contribution in [1.29, 1.82) is 0 Å². The maximum absolute atomic E-state index is 11.6. The molecular formula is C10H18N2O. The SMILES string of the molecule is C#C[C@@H](CC)[C@H](NC)C(=O)N(C)C. The first kappa shape index (κ1) is 12.0. The van der Waals surface area contributed by atoms with E-state index in [1.807, 2.05) is 6.92 Å². The number of rotatable bonds is 4. The predicted molar refractivity (Wildman–Crippen MR) is 54.2 cm³/mol. The summed E-state index contributed by atoms with van der Waals surface area (Å²) in [6.07, 6.45) is 6.14. The van der Waals surface area contributed by atoms with E-state index in [1.165, 1.54) is 0 Å². The third kappa shape index (κ3) is 3.08. The molecule has 13 heavy (non-hydrogen) atoms. The average Bonchev–Trinajstić information content (AvgIpc) is 2.12. The summed E-state index contributed by atoms with van der Waals surface area (Å²) in [5, 5.41) is 2.95. The Morgan fingerprint density at radius 2 is 2.15 bits per heavy atom. The molecule has 0 rings (SSSR count). The lowest BCUT2D eigenvalue weighted by atomic mass is 9.97. The Balaban J connectivity index is 4.50. The van der Waals surface area contributed by atoms with E-state index in [-0.39, 0.29) is 17.9 Å². The minimum atomic E-state index is -0.259. The summed E-state index contributed by atoms with van der Waals surface area (Å²) in [6, 6.07) is -0.259. The highest BCUT2D eigenvalue weighted by Crippen LogP contribution is 2.08. The van der Waals surface area contributed by atoms with Crippen LogP contribution in [0.25, 0.3) is 0 Å². The number of amides is 1. The van der Waals surface area contributed by atoms with Crippen molar-refractivity contribution < 1.29 is 4.79 Å². The highest BCUT2D eigenvalue weighted by Gasteiger charge is 2.24. The van der Waals surface area contributed by atoms with Gasteiger partial charge in [0.2, 0.25) is 5.91 Å². The van der Waals surface area contributed by atoms with E-state index in [1.54, 1.807) is 26.0 Å². The Labute approximate surface area is 80.5 Å². The van der Waals surface area contributed by atoms with Crippen molar-refractivity contribution in [3.8, 4) is 12.3 Å². The highest BCUT2D eigenvalue weighted by molar-refractivity contribution is 5.82. The van der Waals surface area contributed by atoms with Gasteiger partial charge in [-0.2, -0.15) is 0 Å². The molecule has 0 radical (unpaired) electrons. The maximum Gasteiger partial charge on any atom is 0.240 e. The number of hydrogen-bond acceptors (Lipinski definition) is 2. The van der Waals surface area contributed by atoms with E-state index in [0.717, 1.165) is 6.42 Å². The fourth-order valence-electron chi connectivity index (χ4n) is 1.22. The molecular weight excluding hydrogens is 164 g/mol. The average molecular weight is 182 g/mol. The molecule has 0 heterocycles. The normalized spacial score (nSPS) is 14.4. The van der Waals surface area contributed by atoms with Crippen LogP contribution in [0, 0.1) is 18.3 Å². The van der Waals surface area contributed by atoms with E-state index in [4.69, 9.17) is 6.42 Å². The van der Waals surface area contributed by atoms with E-state index in [0.29, 0.717) is 0 Å². The van der Waals surface area contributed by atoms with Gasteiger partial charge < -0.3 is 10.2 Å². The van der Waals surface area contributed by atoms with Crippen molar-refractivity contribution in [2.45, 2.75) is 19.4 Å². The number of hydrogen-bond donors (Lipinski definition) is 1. The van der Waals surface area contributed by atoms with Crippen LogP contribution in [0.2, 0.25) is 0 Å². The number of carbonyl (C=O) groups is 1. The van der Waals surface area contributed by atoms with Gasteiger partial charge in [-0.25, -0.2) is 0 Å². The second kappa shape index (κ2) is 5.60. The lowest BCUT2D eigenvalue weighted by Crippen LogP contribution is -2.46. The van der Waals surface area contributed by atoms with Crippen LogP contribution in [0.3, 0.4) is 0 Å². The first-order valence-electron chi connectivity index (χ1n) is 4.43. The van der Waals surface area contributed by atoms with Crippen molar-refractivity contribution in [3.05, 3.63) is 0 Å². The summed E-state index contributed by atoms with van der Waals surface area (Å²) in [4.78, 5) is 13.2. The Hall–Kier alpha value is -1.01. The van der Waals surface area contributed by atoms with Gasteiger partial charge in [0.05, 0.1) is 0 Å². The maximum atomic E-state index is 11.6. The van der Waals surface area contributed by atoms with E-state index >= 15 is 0 Å². The third-order valence-electron chi connectivity index (χ3n) is 2.07. The number of nitrogens with zero attached hydrogens (tertiary/aromatic N) is 1. The standard InChI is InChI=1S/C10H18N2O/c1-6-8(7-2)9(11-3)10(13)12(4)5/h1,8-9,11H,7H2,2-5H3/t8-,9-/m0/s1. The molecule has 3 nitrogen and oxygen atoms in total. The Morgan fingerprint density at radius 3 is 2.38 bits per heavy atom. The molecule has 0 aliphatic carbocycles. The number of likely N-dealkylation sites (N-methyl/N-ethyl adjacent to an activating group) is 2. The topological polar surface area (TPSA) is 32.3 Å². The first-order chi connectivity index (χ1) is 6.08. The zero-order valence-electron chi connectivity index (χ0n) is 8.79. The van der Waals surface area contributed by atoms with Crippen molar-refractivity contribution >= 4 is 5.91 Å². The molecule has 0 bridgehead atoms. The monoisotopic (exact) mass is 182 g/mol. The summed E-state index contributed by atoms with van der Waals surface area (Å²) >= 11 is 0. The molecule has 0 aromatic carbocycles. The van der Waals surface area contributed by atoms with E-state index in [2.05, 4.69) is 11.2 Å². The Bertz CT molecular complexity index is 205. The molecule has 0 unspecified atom stereocenters. The van der Waals surface area contributed by atoms with Crippen LogP contribution in [0.15, 0.2) is 0 Å². The van der Waals surface area contributed by atoms with E-state index < -0.39 is 0 Å². The molecule has 0 saturated carbocycles. The van der Waals surface area contributed by atoms with E-state index in [9.17, 15) is 4.79 Å². The number of nitrogens with one attached hydrogen (secondary N) is 1. The summed E-state index contributed by atoms with van der Waals surface area (Å²) < 4.78 is 0. The number of terminal acetylenes is 1. The first-order valence-corrected chi connectivity index (χ1v) is 4.43. The second-order valence-electron chi connectivity index (χ2n) is 3.18. The molecule has 0 aromatic rings. The van der Waals surface area contributed by atoms with Gasteiger partial charge in [0.25, 0.3) is 0 Å². The van der Waals surface area contributed by atoms with Crippen molar-refractivity contribution in [1.82, 2.24) is 10.2 Å². The van der Waals surface area contributed by atoms with Crippen LogP contribution >= 0.6 is 0 Å². The second-order valence-corrected chi connectivity index (χ2v) is 3.18. The Kier molecular flexibility index (Phi) is 5.17. The van der Waals surface area contributed by atoms with Crippen LogP contribution in [-0.4, -0.2) is 38.0 Å². The third-order valence-corrected chi connectivity index (χ3v) is 2.07. The van der Waals surface area contributed by atoms with Gasteiger partial charge in [0, 0.05) is 20.0 Å². The van der Waals surface area contributed by atoms with Crippen LogP contribution in [-0.2, 0) is 4.79 Å². The molecule has 0 spiro atoms. The minimum Gasteiger partial charge on any atom is -0.347 e. The molecule has 1 N–H and O–H groups in total. The quantitative estimate of drug-likeness (QED) is 0.635. The molecule has 2 atom stereocenters. The van der Waals surface area contributed by atoms with Gasteiger partial charge in [-0.3, -0.25) is 4.79 Å². The minimum absolute atomic E-state index is 0.0279. The lowest BCUT2D eigenvalue weighted by Gasteiger charge is -2.23. The fraction of sp³-hybridized carbons (Fsp3) is 0.700. The van der Waals surface area contributed by atoms with Gasteiger partial charge in [0.1, 0.15) is 6.04 Å². The van der Waals surface area contributed by atoms with Crippen LogP contribution in [0.5, 0.6) is 0 Å². The largest absolute Gasteiger partial charge is 0.347 e. The summed E-state index contributed by atoms with van der Waals surface area (Å²) in [5.74, 6) is 2.64.